The van der Waals surface area contributed by atoms with E-state index in [-0.39, 0.29) is 23.0 Å². The van der Waals surface area contributed by atoms with Gasteiger partial charge < -0.3 is 21.2 Å². The quantitative estimate of drug-likeness (QED) is 0.343. The first-order valence-corrected chi connectivity index (χ1v) is 9.15. The summed E-state index contributed by atoms with van der Waals surface area (Å²) in [6.45, 7) is 0. The van der Waals surface area contributed by atoms with E-state index in [1.165, 1.54) is 0 Å². The number of nitrogen functional groups attached to an aromatic ring is 2. The van der Waals surface area contributed by atoms with Crippen LogP contribution in [0.3, 0.4) is 0 Å². The molecule has 1 aliphatic heterocycles. The fraction of sp³-hybridized carbons (Fsp3) is 0.0526. The standard InChI is InChI=1S/C19H13BrN8O/c20-10-3-1-9(2-4-10)12-5-6-13(29-12)16-14-15(23)11(7-21)17(24)27-18(14)28-19(26-16)25-8-22/h1-6,16H,(H6,23,24,25,26,27,28). The second kappa shape index (κ2) is 7.19. The molecule has 0 radical (unpaired) electrons. The summed E-state index contributed by atoms with van der Waals surface area (Å²) in [5.74, 6) is 1.58. The number of nitriles is 2. The molecule has 0 aliphatic carbocycles. The van der Waals surface area contributed by atoms with Gasteiger partial charge in [-0.25, -0.2) is 9.98 Å². The molecule has 6 N–H and O–H groups in total. The first-order valence-electron chi connectivity index (χ1n) is 8.36. The maximum absolute atomic E-state index is 9.38. The van der Waals surface area contributed by atoms with E-state index in [2.05, 4.69) is 36.5 Å². The Hall–Kier alpha value is -4.02. The van der Waals surface area contributed by atoms with Gasteiger partial charge in [-0.05, 0) is 24.3 Å². The fourth-order valence-corrected chi connectivity index (χ4v) is 3.32. The zero-order valence-corrected chi connectivity index (χ0v) is 16.4. The number of guanidine groups is 1. The predicted octanol–water partition coefficient (Wildman–Crippen LogP) is 3.08. The molecular weight excluding hydrogens is 436 g/mol. The van der Waals surface area contributed by atoms with Crippen molar-refractivity contribution in [3.8, 4) is 23.6 Å². The molecule has 0 amide bonds. The molecule has 1 atom stereocenters. The van der Waals surface area contributed by atoms with Gasteiger partial charge in [0.2, 0.25) is 5.96 Å². The zero-order valence-electron chi connectivity index (χ0n) is 14.8. The summed E-state index contributed by atoms with van der Waals surface area (Å²) >= 11 is 3.41. The van der Waals surface area contributed by atoms with Gasteiger partial charge in [-0.3, -0.25) is 5.32 Å². The van der Waals surface area contributed by atoms with Crippen molar-refractivity contribution in [1.82, 2.24) is 10.3 Å². The van der Waals surface area contributed by atoms with E-state index in [4.69, 9.17) is 21.1 Å². The number of benzene rings is 1. The lowest BCUT2D eigenvalue weighted by Crippen LogP contribution is -2.32. The average molecular weight is 449 g/mol. The van der Waals surface area contributed by atoms with Crippen LogP contribution >= 0.6 is 15.9 Å². The van der Waals surface area contributed by atoms with E-state index in [0.29, 0.717) is 22.9 Å². The van der Waals surface area contributed by atoms with Gasteiger partial charge in [-0.15, -0.1) is 0 Å². The first-order chi connectivity index (χ1) is 14.0. The normalized spacial score (nSPS) is 14.7. The van der Waals surface area contributed by atoms with Gasteiger partial charge in [0.25, 0.3) is 0 Å². The topological polar surface area (TPSA) is 162 Å². The number of aliphatic imine (C=N–C) groups is 1. The number of rotatable bonds is 2. The van der Waals surface area contributed by atoms with Crippen LogP contribution in [0.15, 0.2) is 50.3 Å². The number of nitrogens with zero attached hydrogens (tertiary/aromatic N) is 4. The molecule has 0 fully saturated rings. The highest BCUT2D eigenvalue weighted by atomic mass is 79.9. The lowest BCUT2D eigenvalue weighted by molar-refractivity contribution is 0.501. The minimum Gasteiger partial charge on any atom is -0.458 e. The van der Waals surface area contributed by atoms with Crippen molar-refractivity contribution in [3.63, 3.8) is 0 Å². The van der Waals surface area contributed by atoms with Gasteiger partial charge in [-0.2, -0.15) is 10.5 Å². The molecular formula is C19H13BrN8O. The highest BCUT2D eigenvalue weighted by Crippen LogP contribution is 2.41. The van der Waals surface area contributed by atoms with E-state index < -0.39 is 6.04 Å². The molecule has 0 saturated carbocycles. The fourth-order valence-electron chi connectivity index (χ4n) is 3.06. The van der Waals surface area contributed by atoms with E-state index >= 15 is 0 Å². The Bertz CT molecular complexity index is 1220. The molecule has 0 bridgehead atoms. The summed E-state index contributed by atoms with van der Waals surface area (Å²) in [7, 11) is 0. The smallest absolute Gasteiger partial charge is 0.211 e. The van der Waals surface area contributed by atoms with E-state index in [1.807, 2.05) is 42.6 Å². The largest absolute Gasteiger partial charge is 0.458 e. The van der Waals surface area contributed by atoms with Crippen molar-refractivity contribution in [2.75, 3.05) is 16.8 Å². The SMILES string of the molecule is N#CNC1=NC(c2ccc(-c3ccc(Br)cc3)o2)c2c(nc(N)c(C#N)c2N)N1. The number of pyridine rings is 1. The van der Waals surface area contributed by atoms with Gasteiger partial charge in [0.1, 0.15) is 40.8 Å². The van der Waals surface area contributed by atoms with Gasteiger partial charge in [0, 0.05) is 10.0 Å². The van der Waals surface area contributed by atoms with Gasteiger partial charge in [-0.1, -0.05) is 28.1 Å². The molecule has 0 spiro atoms. The second-order valence-corrected chi connectivity index (χ2v) is 7.03. The Kier molecular flexibility index (Phi) is 4.55. The number of furan rings is 1. The van der Waals surface area contributed by atoms with Crippen molar-refractivity contribution in [1.29, 1.82) is 10.5 Å². The van der Waals surface area contributed by atoms with Crippen molar-refractivity contribution < 1.29 is 4.42 Å². The number of anilines is 3. The third kappa shape index (κ3) is 3.22. The molecule has 29 heavy (non-hydrogen) atoms. The van der Waals surface area contributed by atoms with Crippen LogP contribution in [-0.2, 0) is 0 Å². The van der Waals surface area contributed by atoms with Crippen molar-refractivity contribution in [2.24, 2.45) is 4.99 Å². The second-order valence-electron chi connectivity index (χ2n) is 6.11. The molecule has 3 aromatic rings. The lowest BCUT2D eigenvalue weighted by atomic mass is 9.99. The van der Waals surface area contributed by atoms with Crippen LogP contribution in [0.5, 0.6) is 0 Å². The number of hydrogen-bond donors (Lipinski definition) is 4. The van der Waals surface area contributed by atoms with Crippen molar-refractivity contribution in [3.05, 3.63) is 57.8 Å². The number of halogens is 1. The van der Waals surface area contributed by atoms with Crippen LogP contribution in [0.4, 0.5) is 17.3 Å². The Labute approximate surface area is 173 Å². The van der Waals surface area contributed by atoms with E-state index in [0.717, 1.165) is 10.0 Å². The van der Waals surface area contributed by atoms with Crippen LogP contribution in [-0.4, -0.2) is 10.9 Å². The van der Waals surface area contributed by atoms with E-state index in [9.17, 15) is 5.26 Å². The van der Waals surface area contributed by atoms with Crippen LogP contribution < -0.4 is 22.1 Å². The highest BCUT2D eigenvalue weighted by Gasteiger charge is 2.31. The molecule has 1 unspecified atom stereocenters. The summed E-state index contributed by atoms with van der Waals surface area (Å²) in [5.41, 5.74) is 13.6. The summed E-state index contributed by atoms with van der Waals surface area (Å²) in [6.07, 6.45) is 1.81. The summed E-state index contributed by atoms with van der Waals surface area (Å²) in [6, 6.07) is 12.5. The van der Waals surface area contributed by atoms with Crippen molar-refractivity contribution >= 4 is 39.2 Å². The molecule has 4 rings (SSSR count). The van der Waals surface area contributed by atoms with Gasteiger partial charge in [0.15, 0.2) is 6.19 Å². The van der Waals surface area contributed by atoms with Crippen LogP contribution in [0.1, 0.15) is 22.9 Å². The third-order valence-electron chi connectivity index (χ3n) is 4.38. The molecule has 1 aromatic carbocycles. The number of nitrogens with one attached hydrogen (secondary N) is 2. The predicted molar refractivity (Wildman–Crippen MR) is 111 cm³/mol. The summed E-state index contributed by atoms with van der Waals surface area (Å²) in [5, 5.41) is 23.7. The summed E-state index contributed by atoms with van der Waals surface area (Å²) in [4.78, 5) is 8.69. The summed E-state index contributed by atoms with van der Waals surface area (Å²) < 4.78 is 6.99. The molecule has 3 heterocycles. The maximum atomic E-state index is 9.38. The number of hydrogen-bond acceptors (Lipinski definition) is 9. The minimum atomic E-state index is -0.716. The van der Waals surface area contributed by atoms with Gasteiger partial charge in [0.05, 0.1) is 11.3 Å². The van der Waals surface area contributed by atoms with Crippen LogP contribution in [0.2, 0.25) is 0 Å². The zero-order chi connectivity index (χ0) is 20.5. The molecule has 2 aromatic heterocycles. The van der Waals surface area contributed by atoms with Crippen LogP contribution in [0, 0.1) is 22.8 Å². The molecule has 1 aliphatic rings. The Morgan fingerprint density at radius 1 is 1.14 bits per heavy atom. The Morgan fingerprint density at radius 2 is 1.90 bits per heavy atom. The molecule has 142 valence electrons. The average Bonchev–Trinajstić information content (AvgIpc) is 3.18. The van der Waals surface area contributed by atoms with E-state index in [1.54, 1.807) is 6.07 Å². The molecule has 10 heteroatoms. The van der Waals surface area contributed by atoms with Crippen molar-refractivity contribution in [2.45, 2.75) is 6.04 Å². The first kappa shape index (κ1) is 18.3. The minimum absolute atomic E-state index is 0.0109. The number of nitrogens with two attached hydrogens (primary N) is 2. The lowest BCUT2D eigenvalue weighted by Gasteiger charge is -2.24. The Morgan fingerprint density at radius 3 is 2.59 bits per heavy atom. The maximum Gasteiger partial charge on any atom is 0.211 e. The molecule has 0 saturated heterocycles. The number of aromatic nitrogens is 1. The monoisotopic (exact) mass is 448 g/mol. The van der Waals surface area contributed by atoms with Gasteiger partial charge >= 0.3 is 0 Å². The highest BCUT2D eigenvalue weighted by molar-refractivity contribution is 9.10. The Balaban J connectivity index is 1.84. The number of fused-ring (bicyclic) bond motifs is 1. The third-order valence-corrected chi connectivity index (χ3v) is 4.91. The van der Waals surface area contributed by atoms with Crippen LogP contribution in [0.25, 0.3) is 11.3 Å². The molecule has 9 nitrogen and oxygen atoms in total.